The molecule has 0 atom stereocenters. The molecule has 30 heavy (non-hydrogen) atoms. The van der Waals surface area contributed by atoms with Crippen molar-refractivity contribution in [2.45, 2.75) is 39.2 Å². The largest absolute Gasteiger partial charge is 0.338 e. The Labute approximate surface area is 183 Å². The lowest BCUT2D eigenvalue weighted by atomic mass is 10.1. The van der Waals surface area contributed by atoms with E-state index in [0.717, 1.165) is 24.8 Å². The zero-order valence-electron chi connectivity index (χ0n) is 16.8. The fourth-order valence-electron chi connectivity index (χ4n) is 2.93. The van der Waals surface area contributed by atoms with Gasteiger partial charge in [0.05, 0.1) is 17.0 Å². The Morgan fingerprint density at radius 2 is 1.93 bits per heavy atom. The van der Waals surface area contributed by atoms with Crippen molar-refractivity contribution in [1.82, 2.24) is 9.88 Å². The van der Waals surface area contributed by atoms with Crippen LogP contribution < -0.4 is 5.32 Å². The molecule has 1 aromatic carbocycles. The predicted octanol–water partition coefficient (Wildman–Crippen LogP) is 5.36. The Balaban J connectivity index is 1.62. The van der Waals surface area contributed by atoms with E-state index in [1.54, 1.807) is 28.5 Å². The van der Waals surface area contributed by atoms with E-state index in [1.165, 1.54) is 34.8 Å². The molecule has 0 unspecified atom stereocenters. The number of amides is 2. The zero-order valence-corrected chi connectivity index (χ0v) is 18.4. The number of nitrogens with one attached hydrogen (secondary N) is 1. The van der Waals surface area contributed by atoms with E-state index < -0.39 is 0 Å². The van der Waals surface area contributed by atoms with Crippen molar-refractivity contribution < 1.29 is 14.0 Å². The maximum absolute atomic E-state index is 13.2. The lowest BCUT2D eigenvalue weighted by Crippen LogP contribution is -2.33. The topological polar surface area (TPSA) is 62.3 Å². The summed E-state index contributed by atoms with van der Waals surface area (Å²) in [6.07, 6.45) is 3.20. The fourth-order valence-corrected chi connectivity index (χ4v) is 4.26. The number of carbonyl (C=O) groups is 2. The van der Waals surface area contributed by atoms with Gasteiger partial charge in [-0.05, 0) is 35.6 Å². The average Bonchev–Trinajstić information content (AvgIpc) is 3.41. The van der Waals surface area contributed by atoms with Crippen molar-refractivity contribution in [1.29, 1.82) is 0 Å². The van der Waals surface area contributed by atoms with Gasteiger partial charge in [0.2, 0.25) is 5.91 Å². The Bertz CT molecular complexity index is 955. The van der Waals surface area contributed by atoms with Crippen molar-refractivity contribution >= 4 is 39.6 Å². The van der Waals surface area contributed by atoms with Gasteiger partial charge in [-0.1, -0.05) is 38.0 Å². The minimum Gasteiger partial charge on any atom is -0.338 e. The summed E-state index contributed by atoms with van der Waals surface area (Å²) in [7, 11) is 0. The van der Waals surface area contributed by atoms with Crippen LogP contribution in [0.5, 0.6) is 0 Å². The predicted molar refractivity (Wildman–Crippen MR) is 119 cm³/mol. The van der Waals surface area contributed by atoms with Gasteiger partial charge in [0.1, 0.15) is 5.82 Å². The molecule has 3 rings (SSSR count). The summed E-state index contributed by atoms with van der Waals surface area (Å²) >= 11 is 2.67. The summed E-state index contributed by atoms with van der Waals surface area (Å²) in [6.45, 7) is 3.21. The third-order valence-corrected chi connectivity index (χ3v) is 6.20. The lowest BCUT2D eigenvalue weighted by Gasteiger charge is -2.22. The van der Waals surface area contributed by atoms with E-state index in [0.29, 0.717) is 28.8 Å². The smallest absolute Gasteiger partial charge is 0.267 e. The third kappa shape index (κ3) is 6.47. The van der Waals surface area contributed by atoms with Crippen molar-refractivity contribution in [3.05, 3.63) is 69.1 Å². The number of carbonyl (C=O) groups excluding carboxylic acids is 2. The van der Waals surface area contributed by atoms with E-state index in [4.69, 9.17) is 0 Å². The summed E-state index contributed by atoms with van der Waals surface area (Å²) in [5.41, 5.74) is 1.52. The summed E-state index contributed by atoms with van der Waals surface area (Å²) in [5.74, 6) is -0.520. The van der Waals surface area contributed by atoms with E-state index in [1.807, 2.05) is 11.4 Å². The number of nitrogens with zero attached hydrogens (tertiary/aromatic N) is 2. The van der Waals surface area contributed by atoms with Crippen LogP contribution in [0.4, 0.5) is 9.52 Å². The SMILES string of the molecule is CCCCCN(Cc1ccc(F)cc1)C(=O)Cc1csc(NC(=O)c2cccs2)n1. The van der Waals surface area contributed by atoms with Crippen LogP contribution >= 0.6 is 22.7 Å². The quantitative estimate of drug-likeness (QED) is 0.428. The Morgan fingerprint density at radius 1 is 1.13 bits per heavy atom. The van der Waals surface area contributed by atoms with Crippen LogP contribution in [0.2, 0.25) is 0 Å². The van der Waals surface area contributed by atoms with Crippen molar-refractivity contribution in [2.75, 3.05) is 11.9 Å². The van der Waals surface area contributed by atoms with Gasteiger partial charge in [-0.25, -0.2) is 9.37 Å². The highest BCUT2D eigenvalue weighted by molar-refractivity contribution is 7.14. The molecule has 8 heteroatoms. The molecule has 3 aromatic rings. The van der Waals surface area contributed by atoms with Gasteiger partial charge >= 0.3 is 0 Å². The van der Waals surface area contributed by atoms with Crippen LogP contribution in [0.25, 0.3) is 0 Å². The Morgan fingerprint density at radius 3 is 2.63 bits per heavy atom. The minimum absolute atomic E-state index is 0.0307. The molecular formula is C22H24FN3O2S2. The highest BCUT2D eigenvalue weighted by Gasteiger charge is 2.17. The first kappa shape index (κ1) is 22.1. The normalized spacial score (nSPS) is 10.7. The molecule has 0 saturated carbocycles. The van der Waals surface area contributed by atoms with Gasteiger partial charge in [-0.2, -0.15) is 0 Å². The van der Waals surface area contributed by atoms with Crippen LogP contribution in [-0.2, 0) is 17.8 Å². The van der Waals surface area contributed by atoms with E-state index in [9.17, 15) is 14.0 Å². The van der Waals surface area contributed by atoms with Crippen molar-refractivity contribution in [3.8, 4) is 0 Å². The molecule has 5 nitrogen and oxygen atoms in total. The number of hydrogen-bond acceptors (Lipinski definition) is 5. The molecule has 0 radical (unpaired) electrons. The second-order valence-corrected chi connectivity index (χ2v) is 8.71. The van der Waals surface area contributed by atoms with Gasteiger partial charge in [0.15, 0.2) is 5.13 Å². The first-order valence-corrected chi connectivity index (χ1v) is 11.6. The average molecular weight is 446 g/mol. The Kier molecular flexibility index (Phi) is 8.10. The van der Waals surface area contributed by atoms with Crippen LogP contribution in [-0.4, -0.2) is 28.2 Å². The highest BCUT2D eigenvalue weighted by atomic mass is 32.1. The van der Waals surface area contributed by atoms with E-state index >= 15 is 0 Å². The molecule has 0 saturated heterocycles. The van der Waals surface area contributed by atoms with Crippen molar-refractivity contribution in [3.63, 3.8) is 0 Å². The first-order chi connectivity index (χ1) is 14.5. The molecule has 158 valence electrons. The summed E-state index contributed by atoms with van der Waals surface area (Å²) in [4.78, 5) is 31.9. The van der Waals surface area contributed by atoms with Gasteiger partial charge in [0.25, 0.3) is 5.91 Å². The molecule has 0 fully saturated rings. The first-order valence-electron chi connectivity index (χ1n) is 9.86. The molecule has 2 heterocycles. The van der Waals surface area contributed by atoms with Crippen LogP contribution in [0.15, 0.2) is 47.2 Å². The molecule has 0 bridgehead atoms. The molecule has 0 aliphatic heterocycles. The maximum Gasteiger partial charge on any atom is 0.267 e. The zero-order chi connectivity index (χ0) is 21.3. The number of aromatic nitrogens is 1. The summed E-state index contributed by atoms with van der Waals surface area (Å²) in [5, 5.41) is 6.89. The van der Waals surface area contributed by atoms with Crippen LogP contribution in [0, 0.1) is 5.82 Å². The number of anilines is 1. The molecular weight excluding hydrogens is 421 g/mol. The second-order valence-electron chi connectivity index (χ2n) is 6.90. The maximum atomic E-state index is 13.2. The molecule has 2 amide bonds. The fraction of sp³-hybridized carbons (Fsp3) is 0.318. The lowest BCUT2D eigenvalue weighted by molar-refractivity contribution is -0.131. The van der Waals surface area contributed by atoms with E-state index in [-0.39, 0.29) is 24.1 Å². The molecule has 0 spiro atoms. The van der Waals surface area contributed by atoms with Gasteiger partial charge in [-0.3, -0.25) is 14.9 Å². The highest BCUT2D eigenvalue weighted by Crippen LogP contribution is 2.19. The number of benzene rings is 1. The molecule has 0 aliphatic carbocycles. The summed E-state index contributed by atoms with van der Waals surface area (Å²) in [6, 6.07) is 9.80. The minimum atomic E-state index is -0.290. The van der Waals surface area contributed by atoms with E-state index in [2.05, 4.69) is 17.2 Å². The number of thiazole rings is 1. The molecule has 1 N–H and O–H groups in total. The number of halogens is 1. The molecule has 0 aliphatic rings. The summed E-state index contributed by atoms with van der Waals surface area (Å²) < 4.78 is 13.2. The number of thiophene rings is 1. The monoisotopic (exact) mass is 445 g/mol. The van der Waals surface area contributed by atoms with Crippen molar-refractivity contribution in [2.24, 2.45) is 0 Å². The van der Waals surface area contributed by atoms with Crippen LogP contribution in [0.3, 0.4) is 0 Å². The van der Waals surface area contributed by atoms with Gasteiger partial charge < -0.3 is 4.90 Å². The standard InChI is InChI=1S/C22H24FN3O2S2/c1-2-3-4-11-26(14-16-7-9-17(23)10-8-16)20(27)13-18-15-30-22(24-18)25-21(28)19-6-5-12-29-19/h5-10,12,15H,2-4,11,13-14H2,1H3,(H,24,25,28). The van der Waals surface area contributed by atoms with Crippen LogP contribution in [0.1, 0.15) is 47.1 Å². The second kappa shape index (κ2) is 11.0. The number of hydrogen-bond donors (Lipinski definition) is 1. The number of unbranched alkanes of at least 4 members (excludes halogenated alkanes) is 2. The molecule has 2 aromatic heterocycles. The van der Waals surface area contributed by atoms with Gasteiger partial charge in [-0.15, -0.1) is 22.7 Å². The number of rotatable bonds is 10. The Hall–Kier alpha value is -2.58. The van der Waals surface area contributed by atoms with Gasteiger partial charge in [0, 0.05) is 18.5 Å². The third-order valence-electron chi connectivity index (χ3n) is 4.52.